The van der Waals surface area contributed by atoms with Crippen molar-refractivity contribution < 1.29 is 4.79 Å². The highest BCUT2D eigenvalue weighted by atomic mass is 35.5. The summed E-state index contributed by atoms with van der Waals surface area (Å²) < 4.78 is 0. The SMILES string of the molecule is O=C(NCc1ccccc1Cl)c1ccc(NCc2ccncc2)cn1. The smallest absolute Gasteiger partial charge is 0.270 e. The molecule has 2 heterocycles. The van der Waals surface area contributed by atoms with E-state index in [2.05, 4.69) is 20.6 Å². The van der Waals surface area contributed by atoms with E-state index in [-0.39, 0.29) is 5.91 Å². The zero-order chi connectivity index (χ0) is 17.5. The number of carbonyl (C=O) groups is 1. The number of halogens is 1. The molecule has 0 unspecified atom stereocenters. The van der Waals surface area contributed by atoms with E-state index in [0.29, 0.717) is 23.8 Å². The van der Waals surface area contributed by atoms with Gasteiger partial charge in [-0.25, -0.2) is 4.98 Å². The largest absolute Gasteiger partial charge is 0.380 e. The number of amides is 1. The first-order chi connectivity index (χ1) is 12.2. The third kappa shape index (κ3) is 4.78. The van der Waals surface area contributed by atoms with Crippen molar-refractivity contribution in [2.75, 3.05) is 5.32 Å². The highest BCUT2D eigenvalue weighted by Crippen LogP contribution is 2.14. The minimum Gasteiger partial charge on any atom is -0.380 e. The monoisotopic (exact) mass is 352 g/mol. The first-order valence-corrected chi connectivity index (χ1v) is 8.20. The van der Waals surface area contributed by atoms with Crippen LogP contribution in [0.5, 0.6) is 0 Å². The molecular formula is C19H17ClN4O. The van der Waals surface area contributed by atoms with Crippen LogP contribution in [0.4, 0.5) is 5.69 Å². The van der Waals surface area contributed by atoms with Gasteiger partial charge >= 0.3 is 0 Å². The first kappa shape index (κ1) is 16.9. The fraction of sp³-hybridized carbons (Fsp3) is 0.105. The Labute approximate surface area is 151 Å². The van der Waals surface area contributed by atoms with Gasteiger partial charge in [-0.05, 0) is 41.5 Å². The summed E-state index contributed by atoms with van der Waals surface area (Å²) in [5.41, 5.74) is 3.20. The van der Waals surface area contributed by atoms with Crippen molar-refractivity contribution >= 4 is 23.2 Å². The fourth-order valence-electron chi connectivity index (χ4n) is 2.25. The number of benzene rings is 1. The fourth-order valence-corrected chi connectivity index (χ4v) is 2.45. The van der Waals surface area contributed by atoms with Crippen LogP contribution in [0.1, 0.15) is 21.6 Å². The number of carbonyl (C=O) groups excluding carboxylic acids is 1. The van der Waals surface area contributed by atoms with E-state index in [9.17, 15) is 4.79 Å². The Bertz CT molecular complexity index is 838. The molecule has 0 atom stereocenters. The molecule has 25 heavy (non-hydrogen) atoms. The average molecular weight is 353 g/mol. The molecule has 0 saturated carbocycles. The molecule has 0 bridgehead atoms. The van der Waals surface area contributed by atoms with E-state index in [0.717, 1.165) is 16.8 Å². The topological polar surface area (TPSA) is 66.9 Å². The van der Waals surface area contributed by atoms with Crippen LogP contribution in [0, 0.1) is 0 Å². The van der Waals surface area contributed by atoms with Crippen molar-refractivity contribution in [1.29, 1.82) is 0 Å². The number of pyridine rings is 2. The number of aromatic nitrogens is 2. The van der Waals surface area contributed by atoms with Crippen molar-refractivity contribution in [3.63, 3.8) is 0 Å². The van der Waals surface area contributed by atoms with E-state index in [4.69, 9.17) is 11.6 Å². The molecule has 3 aromatic rings. The second-order valence-electron chi connectivity index (χ2n) is 5.42. The van der Waals surface area contributed by atoms with E-state index >= 15 is 0 Å². The van der Waals surface area contributed by atoms with Crippen LogP contribution < -0.4 is 10.6 Å². The van der Waals surface area contributed by atoms with Gasteiger partial charge in [-0.3, -0.25) is 9.78 Å². The first-order valence-electron chi connectivity index (χ1n) is 7.83. The molecule has 0 radical (unpaired) electrons. The molecule has 0 fully saturated rings. The van der Waals surface area contributed by atoms with Crippen LogP contribution >= 0.6 is 11.6 Å². The van der Waals surface area contributed by atoms with E-state index in [1.165, 1.54) is 0 Å². The Morgan fingerprint density at radius 3 is 2.52 bits per heavy atom. The van der Waals surface area contributed by atoms with Crippen LogP contribution in [-0.4, -0.2) is 15.9 Å². The lowest BCUT2D eigenvalue weighted by Crippen LogP contribution is -2.23. The van der Waals surface area contributed by atoms with Crippen LogP contribution in [0.2, 0.25) is 5.02 Å². The maximum atomic E-state index is 12.2. The summed E-state index contributed by atoms with van der Waals surface area (Å²) in [6.45, 7) is 1.03. The number of hydrogen-bond donors (Lipinski definition) is 2. The summed E-state index contributed by atoms with van der Waals surface area (Å²) in [7, 11) is 0. The Kier molecular flexibility index (Phi) is 5.59. The summed E-state index contributed by atoms with van der Waals surface area (Å²) in [4.78, 5) is 20.4. The maximum Gasteiger partial charge on any atom is 0.270 e. The number of nitrogens with zero attached hydrogens (tertiary/aromatic N) is 2. The van der Waals surface area contributed by atoms with Crippen LogP contribution in [0.15, 0.2) is 67.1 Å². The molecule has 5 nitrogen and oxygen atoms in total. The summed E-state index contributed by atoms with van der Waals surface area (Å²) >= 11 is 6.08. The lowest BCUT2D eigenvalue weighted by atomic mass is 10.2. The summed E-state index contributed by atoms with van der Waals surface area (Å²) in [5, 5.41) is 6.70. The number of hydrogen-bond acceptors (Lipinski definition) is 4. The second kappa shape index (κ2) is 8.26. The minimum absolute atomic E-state index is 0.236. The third-order valence-corrected chi connectivity index (χ3v) is 4.01. The molecule has 3 rings (SSSR count). The van der Waals surface area contributed by atoms with Gasteiger partial charge in [0, 0.05) is 30.5 Å². The van der Waals surface area contributed by atoms with Crippen molar-refractivity contribution in [2.45, 2.75) is 13.1 Å². The van der Waals surface area contributed by atoms with Gasteiger partial charge in [0.1, 0.15) is 5.69 Å². The predicted octanol–water partition coefficient (Wildman–Crippen LogP) is 3.67. The van der Waals surface area contributed by atoms with Gasteiger partial charge in [-0.1, -0.05) is 29.8 Å². The molecule has 2 aromatic heterocycles. The molecule has 0 aliphatic heterocycles. The number of anilines is 1. The van der Waals surface area contributed by atoms with E-state index in [1.54, 1.807) is 30.7 Å². The molecule has 2 N–H and O–H groups in total. The Morgan fingerprint density at radius 1 is 1.00 bits per heavy atom. The zero-order valence-electron chi connectivity index (χ0n) is 13.4. The Hall–Kier alpha value is -2.92. The normalized spacial score (nSPS) is 10.3. The summed E-state index contributed by atoms with van der Waals surface area (Å²) in [6.07, 6.45) is 5.15. The molecule has 1 aromatic carbocycles. The zero-order valence-corrected chi connectivity index (χ0v) is 14.2. The lowest BCUT2D eigenvalue weighted by molar-refractivity contribution is 0.0946. The molecule has 0 spiro atoms. The van der Waals surface area contributed by atoms with Crippen LogP contribution in [-0.2, 0) is 13.1 Å². The van der Waals surface area contributed by atoms with Gasteiger partial charge < -0.3 is 10.6 Å². The number of rotatable bonds is 6. The van der Waals surface area contributed by atoms with Crippen LogP contribution in [0.25, 0.3) is 0 Å². The van der Waals surface area contributed by atoms with E-state index in [1.807, 2.05) is 36.4 Å². The molecule has 0 aliphatic carbocycles. The van der Waals surface area contributed by atoms with Gasteiger partial charge in [-0.15, -0.1) is 0 Å². The van der Waals surface area contributed by atoms with Crippen molar-refractivity contribution in [1.82, 2.24) is 15.3 Å². The van der Waals surface area contributed by atoms with Crippen molar-refractivity contribution in [2.24, 2.45) is 0 Å². The standard InChI is InChI=1S/C19H17ClN4O/c20-17-4-2-1-3-15(17)12-24-19(25)18-6-5-16(13-23-18)22-11-14-7-9-21-10-8-14/h1-10,13,22H,11-12H2,(H,24,25). The predicted molar refractivity (Wildman–Crippen MR) is 98.4 cm³/mol. The summed E-state index contributed by atoms with van der Waals surface area (Å²) in [5.74, 6) is -0.236. The highest BCUT2D eigenvalue weighted by Gasteiger charge is 2.08. The quantitative estimate of drug-likeness (QED) is 0.710. The maximum absolute atomic E-state index is 12.2. The molecular weight excluding hydrogens is 336 g/mol. The number of nitrogens with one attached hydrogen (secondary N) is 2. The van der Waals surface area contributed by atoms with Gasteiger partial charge in [0.05, 0.1) is 11.9 Å². The highest BCUT2D eigenvalue weighted by molar-refractivity contribution is 6.31. The lowest BCUT2D eigenvalue weighted by Gasteiger charge is -2.08. The van der Waals surface area contributed by atoms with Crippen molar-refractivity contribution in [3.05, 3.63) is 89.0 Å². The van der Waals surface area contributed by atoms with Crippen LogP contribution in [0.3, 0.4) is 0 Å². The third-order valence-electron chi connectivity index (χ3n) is 3.64. The molecule has 1 amide bonds. The van der Waals surface area contributed by atoms with Gasteiger partial charge in [0.25, 0.3) is 5.91 Å². The molecule has 0 saturated heterocycles. The molecule has 126 valence electrons. The molecule has 0 aliphatic rings. The molecule has 6 heteroatoms. The average Bonchev–Trinajstić information content (AvgIpc) is 2.67. The van der Waals surface area contributed by atoms with Gasteiger partial charge in [-0.2, -0.15) is 0 Å². The van der Waals surface area contributed by atoms with Gasteiger partial charge in [0.2, 0.25) is 0 Å². The Morgan fingerprint density at radius 2 is 1.80 bits per heavy atom. The van der Waals surface area contributed by atoms with E-state index < -0.39 is 0 Å². The summed E-state index contributed by atoms with van der Waals surface area (Å²) in [6, 6.07) is 14.8. The Balaban J connectivity index is 1.54. The van der Waals surface area contributed by atoms with Gasteiger partial charge in [0.15, 0.2) is 0 Å². The minimum atomic E-state index is -0.236. The van der Waals surface area contributed by atoms with Crippen molar-refractivity contribution in [3.8, 4) is 0 Å². The second-order valence-corrected chi connectivity index (χ2v) is 5.82.